The standard InChI is InChI=1S/C15H16N4O3S/c1-9-3-6-16-15(17-9)18-11-4-7-19(12(11)20)13-10(5-8-23-13)14(21)22-2/h3,5-6,8,11H,4,7H2,1-2H3,(H,16,17,18). The van der Waals surface area contributed by atoms with E-state index in [0.29, 0.717) is 29.5 Å². The van der Waals surface area contributed by atoms with Gasteiger partial charge in [-0.1, -0.05) is 0 Å². The number of aromatic nitrogens is 2. The number of nitrogens with zero attached hydrogens (tertiary/aromatic N) is 3. The highest BCUT2D eigenvalue weighted by molar-refractivity contribution is 7.14. The SMILES string of the molecule is COC(=O)c1ccsc1N1CCC(Nc2nccc(C)n2)C1=O. The first-order chi connectivity index (χ1) is 11.1. The molecule has 1 fully saturated rings. The molecular weight excluding hydrogens is 316 g/mol. The Labute approximate surface area is 137 Å². The fourth-order valence-corrected chi connectivity index (χ4v) is 3.39. The average molecular weight is 332 g/mol. The summed E-state index contributed by atoms with van der Waals surface area (Å²) in [6.07, 6.45) is 2.27. The van der Waals surface area contributed by atoms with Crippen LogP contribution in [0, 0.1) is 6.92 Å². The van der Waals surface area contributed by atoms with E-state index in [2.05, 4.69) is 15.3 Å². The highest BCUT2D eigenvalue weighted by atomic mass is 32.1. The van der Waals surface area contributed by atoms with Gasteiger partial charge in [0.2, 0.25) is 11.9 Å². The van der Waals surface area contributed by atoms with E-state index in [9.17, 15) is 9.59 Å². The van der Waals surface area contributed by atoms with Crippen molar-refractivity contribution in [2.24, 2.45) is 0 Å². The number of hydrogen-bond acceptors (Lipinski definition) is 7. The second kappa shape index (κ2) is 6.33. The van der Waals surface area contributed by atoms with E-state index in [4.69, 9.17) is 4.74 Å². The van der Waals surface area contributed by atoms with Crippen molar-refractivity contribution in [1.82, 2.24) is 9.97 Å². The number of esters is 1. The molecule has 0 bridgehead atoms. The van der Waals surface area contributed by atoms with Crippen molar-refractivity contribution in [3.8, 4) is 0 Å². The molecule has 0 spiro atoms. The van der Waals surface area contributed by atoms with Crippen molar-refractivity contribution in [1.29, 1.82) is 0 Å². The molecule has 1 N–H and O–H groups in total. The normalized spacial score (nSPS) is 17.4. The van der Waals surface area contributed by atoms with E-state index in [-0.39, 0.29) is 5.91 Å². The van der Waals surface area contributed by atoms with Crippen molar-refractivity contribution in [2.45, 2.75) is 19.4 Å². The minimum atomic E-state index is -0.438. The number of anilines is 2. The largest absolute Gasteiger partial charge is 0.465 e. The van der Waals surface area contributed by atoms with Crippen LogP contribution in [0.4, 0.5) is 10.9 Å². The lowest BCUT2D eigenvalue weighted by Gasteiger charge is -2.16. The van der Waals surface area contributed by atoms with Gasteiger partial charge in [0, 0.05) is 18.4 Å². The number of thiophene rings is 1. The first-order valence-corrected chi connectivity index (χ1v) is 8.01. The van der Waals surface area contributed by atoms with Gasteiger partial charge in [-0.25, -0.2) is 14.8 Å². The fourth-order valence-electron chi connectivity index (χ4n) is 2.47. The minimum absolute atomic E-state index is 0.0947. The molecule has 2 aromatic rings. The number of carbonyl (C=O) groups is 2. The molecule has 23 heavy (non-hydrogen) atoms. The number of methoxy groups -OCH3 is 1. The maximum Gasteiger partial charge on any atom is 0.340 e. The van der Waals surface area contributed by atoms with Gasteiger partial charge in [-0.05, 0) is 30.9 Å². The molecule has 3 rings (SSSR count). The zero-order valence-electron chi connectivity index (χ0n) is 12.8. The molecule has 1 amide bonds. The van der Waals surface area contributed by atoms with E-state index in [1.807, 2.05) is 6.92 Å². The van der Waals surface area contributed by atoms with Gasteiger partial charge in [0.25, 0.3) is 0 Å². The van der Waals surface area contributed by atoms with Crippen LogP contribution in [-0.4, -0.2) is 41.5 Å². The molecule has 0 aromatic carbocycles. The summed E-state index contributed by atoms with van der Waals surface area (Å²) >= 11 is 1.35. The minimum Gasteiger partial charge on any atom is -0.465 e. The Bertz CT molecular complexity index is 746. The lowest BCUT2D eigenvalue weighted by Crippen LogP contribution is -2.34. The van der Waals surface area contributed by atoms with Crippen LogP contribution >= 0.6 is 11.3 Å². The number of aryl methyl sites for hydroxylation is 1. The number of nitrogens with one attached hydrogen (secondary N) is 1. The van der Waals surface area contributed by atoms with Crippen LogP contribution in [0.15, 0.2) is 23.7 Å². The monoisotopic (exact) mass is 332 g/mol. The zero-order valence-corrected chi connectivity index (χ0v) is 13.6. The Morgan fingerprint density at radius 2 is 2.30 bits per heavy atom. The molecule has 120 valence electrons. The second-order valence-corrected chi connectivity index (χ2v) is 6.02. The number of carbonyl (C=O) groups excluding carboxylic acids is 2. The summed E-state index contributed by atoms with van der Waals surface area (Å²) in [5.74, 6) is -0.0974. The number of hydrogen-bond donors (Lipinski definition) is 1. The van der Waals surface area contributed by atoms with Crippen molar-refractivity contribution in [2.75, 3.05) is 23.9 Å². The predicted octanol–water partition coefficient (Wildman–Crippen LogP) is 1.85. The van der Waals surface area contributed by atoms with Gasteiger partial charge in [0.1, 0.15) is 11.0 Å². The summed E-state index contributed by atoms with van der Waals surface area (Å²) in [6.45, 7) is 2.40. The summed E-state index contributed by atoms with van der Waals surface area (Å²) in [5, 5.41) is 5.46. The van der Waals surface area contributed by atoms with Gasteiger partial charge in [-0.15, -0.1) is 11.3 Å². The molecule has 3 heterocycles. The third-order valence-corrected chi connectivity index (χ3v) is 4.53. The van der Waals surface area contributed by atoms with Gasteiger partial charge in [-0.3, -0.25) is 4.79 Å². The third kappa shape index (κ3) is 3.02. The molecule has 0 aliphatic carbocycles. The summed E-state index contributed by atoms with van der Waals surface area (Å²) < 4.78 is 4.76. The Morgan fingerprint density at radius 3 is 3.04 bits per heavy atom. The number of amides is 1. The smallest absolute Gasteiger partial charge is 0.340 e. The Hall–Kier alpha value is -2.48. The van der Waals surface area contributed by atoms with E-state index in [0.717, 1.165) is 5.69 Å². The van der Waals surface area contributed by atoms with Crippen LogP contribution in [0.3, 0.4) is 0 Å². The molecule has 1 aliphatic rings. The maximum absolute atomic E-state index is 12.6. The van der Waals surface area contributed by atoms with Crippen molar-refractivity contribution >= 4 is 34.2 Å². The Balaban J connectivity index is 1.77. The Kier molecular flexibility index (Phi) is 4.24. The first kappa shape index (κ1) is 15.4. The topological polar surface area (TPSA) is 84.4 Å². The molecule has 1 saturated heterocycles. The summed E-state index contributed by atoms with van der Waals surface area (Å²) in [6, 6.07) is 3.07. The van der Waals surface area contributed by atoms with Crippen LogP contribution in [-0.2, 0) is 9.53 Å². The lowest BCUT2D eigenvalue weighted by atomic mass is 10.2. The van der Waals surface area contributed by atoms with Crippen molar-refractivity contribution in [3.05, 3.63) is 35.0 Å². The van der Waals surface area contributed by atoms with Crippen LogP contribution in [0.5, 0.6) is 0 Å². The summed E-state index contributed by atoms with van der Waals surface area (Å²) in [4.78, 5) is 34.4. The summed E-state index contributed by atoms with van der Waals surface area (Å²) in [7, 11) is 1.33. The number of ether oxygens (including phenoxy) is 1. The average Bonchev–Trinajstić information content (AvgIpc) is 3.14. The van der Waals surface area contributed by atoms with Crippen LogP contribution < -0.4 is 10.2 Å². The first-order valence-electron chi connectivity index (χ1n) is 7.13. The maximum atomic E-state index is 12.6. The zero-order chi connectivity index (χ0) is 16.4. The van der Waals surface area contributed by atoms with Gasteiger partial charge in [-0.2, -0.15) is 0 Å². The van der Waals surface area contributed by atoms with E-state index in [1.165, 1.54) is 18.4 Å². The molecule has 1 unspecified atom stereocenters. The van der Waals surface area contributed by atoms with E-state index >= 15 is 0 Å². The quantitative estimate of drug-likeness (QED) is 0.860. The fraction of sp³-hybridized carbons (Fsp3) is 0.333. The molecule has 2 aromatic heterocycles. The molecular formula is C15H16N4O3S. The predicted molar refractivity (Wildman–Crippen MR) is 86.8 cm³/mol. The van der Waals surface area contributed by atoms with Gasteiger partial charge >= 0.3 is 5.97 Å². The summed E-state index contributed by atoms with van der Waals surface area (Å²) in [5.41, 5.74) is 1.24. The molecule has 1 atom stereocenters. The molecule has 8 heteroatoms. The molecule has 0 radical (unpaired) electrons. The van der Waals surface area contributed by atoms with Gasteiger partial charge < -0.3 is 15.0 Å². The van der Waals surface area contributed by atoms with Gasteiger partial charge in [0.15, 0.2) is 0 Å². The van der Waals surface area contributed by atoms with E-state index < -0.39 is 12.0 Å². The highest BCUT2D eigenvalue weighted by Crippen LogP contribution is 2.32. The van der Waals surface area contributed by atoms with Crippen LogP contribution in [0.25, 0.3) is 0 Å². The second-order valence-electron chi connectivity index (χ2n) is 5.13. The van der Waals surface area contributed by atoms with Crippen molar-refractivity contribution < 1.29 is 14.3 Å². The number of rotatable bonds is 4. The van der Waals surface area contributed by atoms with Crippen LogP contribution in [0.1, 0.15) is 22.5 Å². The van der Waals surface area contributed by atoms with Crippen molar-refractivity contribution in [3.63, 3.8) is 0 Å². The van der Waals surface area contributed by atoms with Crippen LogP contribution in [0.2, 0.25) is 0 Å². The Morgan fingerprint density at radius 1 is 1.48 bits per heavy atom. The third-order valence-electron chi connectivity index (χ3n) is 3.60. The molecule has 0 saturated carbocycles. The van der Waals surface area contributed by atoms with E-state index in [1.54, 1.807) is 28.6 Å². The molecule has 1 aliphatic heterocycles. The highest BCUT2D eigenvalue weighted by Gasteiger charge is 2.35. The van der Waals surface area contributed by atoms with Gasteiger partial charge in [0.05, 0.1) is 12.7 Å². The molecule has 7 nitrogen and oxygen atoms in total. The lowest BCUT2D eigenvalue weighted by molar-refractivity contribution is -0.117.